The van der Waals surface area contributed by atoms with Crippen LogP contribution in [-0.2, 0) is 6.42 Å². The summed E-state index contributed by atoms with van der Waals surface area (Å²) in [5.74, 6) is 0. The summed E-state index contributed by atoms with van der Waals surface area (Å²) in [7, 11) is 0. The van der Waals surface area contributed by atoms with Gasteiger partial charge in [0.15, 0.2) is 0 Å². The topological polar surface area (TPSA) is 34.1 Å². The molecule has 0 fully saturated rings. The van der Waals surface area contributed by atoms with Crippen molar-refractivity contribution in [3.63, 3.8) is 0 Å². The van der Waals surface area contributed by atoms with Crippen LogP contribution in [0.2, 0.25) is 0 Å². The first-order chi connectivity index (χ1) is 7.57. The van der Waals surface area contributed by atoms with Crippen molar-refractivity contribution in [3.8, 4) is 0 Å². The van der Waals surface area contributed by atoms with Gasteiger partial charge in [0.25, 0.3) is 10.5 Å². The molecule has 0 radical (unpaired) electrons. The maximum atomic E-state index is 11.3. The third kappa shape index (κ3) is 3.06. The molecule has 0 N–H and O–H groups in total. The Bertz CT molecular complexity index is 413. The largest absolute Gasteiger partial charge is 0.276 e. The van der Waals surface area contributed by atoms with E-state index in [2.05, 4.69) is 6.92 Å². The minimum absolute atomic E-state index is 0.190. The van der Waals surface area contributed by atoms with Crippen LogP contribution in [-0.4, -0.2) is 10.5 Å². The minimum Gasteiger partial charge on any atom is -0.276 e. The third-order valence-corrected chi connectivity index (χ3v) is 2.75. The van der Waals surface area contributed by atoms with Gasteiger partial charge >= 0.3 is 0 Å². The maximum Gasteiger partial charge on any atom is 0.253 e. The molecule has 4 heteroatoms. The smallest absolute Gasteiger partial charge is 0.253 e. The molecule has 0 atom stereocenters. The zero-order valence-electron chi connectivity index (χ0n) is 8.93. The monoisotopic (exact) mass is 258 g/mol. The van der Waals surface area contributed by atoms with Gasteiger partial charge in [-0.15, -0.1) is 0 Å². The minimum atomic E-state index is -0.651. The van der Waals surface area contributed by atoms with Crippen molar-refractivity contribution in [3.05, 3.63) is 34.9 Å². The fourth-order valence-electron chi connectivity index (χ4n) is 1.57. The highest BCUT2D eigenvalue weighted by Gasteiger charge is 2.17. The number of halogens is 2. The maximum absolute atomic E-state index is 11.3. The number of carbonyl (C=O) groups is 2. The average Bonchev–Trinajstić information content (AvgIpc) is 2.25. The number of carbonyl (C=O) groups excluding carboxylic acids is 2. The Hall–Kier alpha value is -0.860. The van der Waals surface area contributed by atoms with E-state index in [1.165, 1.54) is 6.07 Å². The van der Waals surface area contributed by atoms with Crippen molar-refractivity contribution in [1.82, 2.24) is 0 Å². The zero-order valence-corrected chi connectivity index (χ0v) is 10.4. The summed E-state index contributed by atoms with van der Waals surface area (Å²) in [5, 5.41) is -1.28. The van der Waals surface area contributed by atoms with E-state index >= 15 is 0 Å². The Balaban J connectivity index is 3.21. The quantitative estimate of drug-likeness (QED) is 0.754. The van der Waals surface area contributed by atoms with Crippen LogP contribution < -0.4 is 0 Å². The summed E-state index contributed by atoms with van der Waals surface area (Å²) in [4.78, 5) is 22.5. The van der Waals surface area contributed by atoms with Crippen molar-refractivity contribution in [1.29, 1.82) is 0 Å². The van der Waals surface area contributed by atoms with Crippen LogP contribution in [0, 0.1) is 0 Å². The first kappa shape index (κ1) is 13.2. The SMILES string of the molecule is CCCCc1cccc(C(=O)Cl)c1C(=O)Cl. The molecule has 0 saturated heterocycles. The molecule has 0 amide bonds. The van der Waals surface area contributed by atoms with Crippen molar-refractivity contribution in [2.75, 3.05) is 0 Å². The zero-order chi connectivity index (χ0) is 12.1. The predicted molar refractivity (Wildman–Crippen MR) is 65.4 cm³/mol. The average molecular weight is 259 g/mol. The van der Waals surface area contributed by atoms with Gasteiger partial charge in [0.1, 0.15) is 0 Å². The molecule has 86 valence electrons. The molecule has 0 aliphatic carbocycles. The third-order valence-electron chi connectivity index (χ3n) is 2.36. The molecule has 0 spiro atoms. The molecule has 1 aromatic carbocycles. The van der Waals surface area contributed by atoms with E-state index < -0.39 is 10.5 Å². The van der Waals surface area contributed by atoms with Crippen LogP contribution in [0.1, 0.15) is 46.0 Å². The highest BCUT2D eigenvalue weighted by atomic mass is 35.5. The second-order valence-corrected chi connectivity index (χ2v) is 4.18. The van der Waals surface area contributed by atoms with E-state index in [9.17, 15) is 9.59 Å². The van der Waals surface area contributed by atoms with Crippen LogP contribution in [0.5, 0.6) is 0 Å². The molecular weight excluding hydrogens is 247 g/mol. The van der Waals surface area contributed by atoms with Gasteiger partial charge in [-0.25, -0.2) is 0 Å². The number of hydrogen-bond acceptors (Lipinski definition) is 2. The number of benzene rings is 1. The standard InChI is InChI=1S/C12H12Cl2O2/c1-2-3-5-8-6-4-7-9(11(13)15)10(8)12(14)16/h4,6-7H,2-3,5H2,1H3. The van der Waals surface area contributed by atoms with Crippen molar-refractivity contribution < 1.29 is 9.59 Å². The molecule has 0 aliphatic rings. The van der Waals surface area contributed by atoms with E-state index in [4.69, 9.17) is 23.2 Å². The summed E-state index contributed by atoms with van der Waals surface area (Å²) >= 11 is 10.9. The summed E-state index contributed by atoms with van der Waals surface area (Å²) in [6.07, 6.45) is 2.67. The van der Waals surface area contributed by atoms with Crippen LogP contribution in [0.4, 0.5) is 0 Å². The number of unbranched alkanes of at least 4 members (excludes halogenated alkanes) is 1. The summed E-state index contributed by atoms with van der Waals surface area (Å²) in [6.45, 7) is 2.05. The molecular formula is C12H12Cl2O2. The molecule has 16 heavy (non-hydrogen) atoms. The van der Waals surface area contributed by atoms with Crippen molar-refractivity contribution in [2.24, 2.45) is 0 Å². The van der Waals surface area contributed by atoms with E-state index in [1.54, 1.807) is 12.1 Å². The first-order valence-corrected chi connectivity index (χ1v) is 5.85. The molecule has 2 nitrogen and oxygen atoms in total. The summed E-state index contributed by atoms with van der Waals surface area (Å²) in [6, 6.07) is 5.03. The lowest BCUT2D eigenvalue weighted by atomic mass is 9.98. The first-order valence-electron chi connectivity index (χ1n) is 5.09. The fraction of sp³-hybridized carbons (Fsp3) is 0.333. The van der Waals surface area contributed by atoms with Crippen LogP contribution in [0.25, 0.3) is 0 Å². The van der Waals surface area contributed by atoms with E-state index in [0.29, 0.717) is 0 Å². The van der Waals surface area contributed by atoms with Gasteiger partial charge in [-0.1, -0.05) is 25.5 Å². The highest BCUT2D eigenvalue weighted by Crippen LogP contribution is 2.21. The molecule has 0 aliphatic heterocycles. The van der Waals surface area contributed by atoms with Crippen molar-refractivity contribution >= 4 is 33.7 Å². The Morgan fingerprint density at radius 2 is 1.88 bits per heavy atom. The lowest BCUT2D eigenvalue weighted by Gasteiger charge is -2.08. The Morgan fingerprint density at radius 3 is 2.38 bits per heavy atom. The Labute approximate surface area is 105 Å². The predicted octanol–water partition coefficient (Wildman–Crippen LogP) is 3.79. The lowest BCUT2D eigenvalue weighted by molar-refractivity contribution is 0.105. The van der Waals surface area contributed by atoms with Crippen LogP contribution >= 0.6 is 23.2 Å². The van der Waals surface area contributed by atoms with Gasteiger partial charge < -0.3 is 0 Å². The molecule has 0 saturated carbocycles. The van der Waals surface area contributed by atoms with E-state index in [1.807, 2.05) is 0 Å². The van der Waals surface area contributed by atoms with Crippen LogP contribution in [0.15, 0.2) is 18.2 Å². The number of rotatable bonds is 5. The molecule has 1 rings (SSSR count). The molecule has 0 unspecified atom stereocenters. The lowest BCUT2D eigenvalue weighted by Crippen LogP contribution is -2.05. The molecule has 1 aromatic rings. The van der Waals surface area contributed by atoms with Crippen molar-refractivity contribution in [2.45, 2.75) is 26.2 Å². The molecule has 0 heterocycles. The molecule has 0 bridgehead atoms. The summed E-state index contributed by atoms with van der Waals surface area (Å²) < 4.78 is 0. The van der Waals surface area contributed by atoms with Gasteiger partial charge in [-0.3, -0.25) is 9.59 Å². The van der Waals surface area contributed by atoms with E-state index in [0.717, 1.165) is 24.8 Å². The van der Waals surface area contributed by atoms with Gasteiger partial charge in [-0.05, 0) is 47.7 Å². The normalized spacial score (nSPS) is 10.2. The summed E-state index contributed by atoms with van der Waals surface area (Å²) in [5.41, 5.74) is 1.22. The fourth-order valence-corrected chi connectivity index (χ4v) is 1.95. The van der Waals surface area contributed by atoms with Gasteiger partial charge in [-0.2, -0.15) is 0 Å². The van der Waals surface area contributed by atoms with Gasteiger partial charge in [0.2, 0.25) is 0 Å². The second kappa shape index (κ2) is 6.02. The highest BCUT2D eigenvalue weighted by molar-refractivity contribution is 6.72. The van der Waals surface area contributed by atoms with Gasteiger partial charge in [0.05, 0.1) is 0 Å². The number of hydrogen-bond donors (Lipinski definition) is 0. The number of aryl methyl sites for hydroxylation is 1. The Kier molecular flexibility index (Phi) is 4.97. The Morgan fingerprint density at radius 1 is 1.19 bits per heavy atom. The molecule has 0 aromatic heterocycles. The van der Waals surface area contributed by atoms with Crippen LogP contribution in [0.3, 0.4) is 0 Å². The van der Waals surface area contributed by atoms with Gasteiger partial charge in [0, 0.05) is 11.1 Å². The van der Waals surface area contributed by atoms with E-state index in [-0.39, 0.29) is 11.1 Å². The second-order valence-electron chi connectivity index (χ2n) is 3.49.